The predicted molar refractivity (Wildman–Crippen MR) is 84.6 cm³/mol. The average molecular weight is 310 g/mol. The molecule has 0 N–H and O–H groups in total. The van der Waals surface area contributed by atoms with Crippen LogP contribution in [0.3, 0.4) is 0 Å². The van der Waals surface area contributed by atoms with Gasteiger partial charge in [0.05, 0.1) is 31.2 Å². The molecule has 0 saturated carbocycles. The summed E-state index contributed by atoms with van der Waals surface area (Å²) in [5.74, 6) is -0.0288. The quantitative estimate of drug-likeness (QED) is 0.622. The number of aromatic nitrogens is 3. The number of rotatable bonds is 5. The summed E-state index contributed by atoms with van der Waals surface area (Å²) in [5, 5.41) is 7.47. The summed E-state index contributed by atoms with van der Waals surface area (Å²) < 4.78 is 5.52. The van der Waals surface area contributed by atoms with E-state index in [4.69, 9.17) is 4.74 Å². The first-order chi connectivity index (χ1) is 11.3. The van der Waals surface area contributed by atoms with Crippen LogP contribution in [0, 0.1) is 0 Å². The van der Waals surface area contributed by atoms with Crippen molar-refractivity contribution in [3.8, 4) is 0 Å². The first kappa shape index (κ1) is 15.3. The van der Waals surface area contributed by atoms with Gasteiger partial charge in [-0.3, -0.25) is 9.78 Å². The third-order valence-electron chi connectivity index (χ3n) is 3.84. The molecule has 3 heterocycles. The van der Waals surface area contributed by atoms with E-state index in [9.17, 15) is 4.79 Å². The summed E-state index contributed by atoms with van der Waals surface area (Å²) in [4.78, 5) is 18.6. The number of pyridine rings is 1. The van der Waals surface area contributed by atoms with Crippen LogP contribution >= 0.6 is 0 Å². The zero-order valence-electron chi connectivity index (χ0n) is 12.8. The molecule has 0 saturated heterocycles. The van der Waals surface area contributed by atoms with E-state index in [2.05, 4.69) is 21.8 Å². The minimum Gasteiger partial charge on any atom is -0.373 e. The first-order valence-corrected chi connectivity index (χ1v) is 7.49. The van der Waals surface area contributed by atoms with Crippen molar-refractivity contribution >= 4 is 5.91 Å². The number of nitrogens with zero attached hydrogens (tertiary/aromatic N) is 4. The molecule has 0 fully saturated rings. The summed E-state index contributed by atoms with van der Waals surface area (Å²) in [6.07, 6.45) is 9.22. The number of carbonyl (C=O) groups is 1. The van der Waals surface area contributed by atoms with Crippen LogP contribution in [0.5, 0.6) is 0 Å². The second-order valence-corrected chi connectivity index (χ2v) is 5.35. The van der Waals surface area contributed by atoms with Crippen LogP contribution in [0.4, 0.5) is 0 Å². The number of hydrogen-bond acceptors (Lipinski definition) is 5. The lowest BCUT2D eigenvalue weighted by Crippen LogP contribution is -2.36. The normalized spacial score (nSPS) is 13.5. The van der Waals surface area contributed by atoms with Gasteiger partial charge in [-0.2, -0.15) is 10.2 Å². The molecule has 0 aromatic carbocycles. The van der Waals surface area contributed by atoms with Crippen molar-refractivity contribution in [1.82, 2.24) is 20.1 Å². The van der Waals surface area contributed by atoms with Gasteiger partial charge in [0.1, 0.15) is 0 Å². The van der Waals surface area contributed by atoms with Crippen LogP contribution in [-0.4, -0.2) is 39.1 Å². The third-order valence-corrected chi connectivity index (χ3v) is 3.84. The van der Waals surface area contributed by atoms with Crippen LogP contribution in [-0.2, 0) is 24.3 Å². The molecule has 0 radical (unpaired) electrons. The molecule has 6 heteroatoms. The van der Waals surface area contributed by atoms with Crippen LogP contribution in [0.2, 0.25) is 0 Å². The largest absolute Gasteiger partial charge is 0.373 e. The van der Waals surface area contributed by atoms with E-state index in [0.717, 1.165) is 17.5 Å². The second-order valence-electron chi connectivity index (χ2n) is 5.35. The van der Waals surface area contributed by atoms with Gasteiger partial charge in [0.2, 0.25) is 0 Å². The van der Waals surface area contributed by atoms with Gasteiger partial charge in [-0.05, 0) is 29.2 Å². The maximum Gasteiger partial charge on any atom is 0.255 e. The molecular formula is C17H18N4O2. The molecule has 0 spiro atoms. The Balaban J connectivity index is 1.75. The number of hydrogen-bond donors (Lipinski definition) is 0. The molecule has 6 nitrogen and oxygen atoms in total. The fourth-order valence-corrected chi connectivity index (χ4v) is 2.72. The molecule has 0 unspecified atom stereocenters. The van der Waals surface area contributed by atoms with Gasteiger partial charge in [-0.1, -0.05) is 6.08 Å². The molecule has 0 aliphatic carbocycles. The Labute approximate surface area is 134 Å². The topological polar surface area (TPSA) is 68.2 Å². The Morgan fingerprint density at radius 2 is 2.26 bits per heavy atom. The third kappa shape index (κ3) is 3.43. The summed E-state index contributed by atoms with van der Waals surface area (Å²) >= 11 is 0. The number of carbonyl (C=O) groups excluding carboxylic acids is 1. The van der Waals surface area contributed by atoms with Crippen molar-refractivity contribution in [2.45, 2.75) is 19.6 Å². The number of fused-ring (bicyclic) bond motifs is 1. The van der Waals surface area contributed by atoms with Crippen LogP contribution in [0.15, 0.2) is 43.5 Å². The highest BCUT2D eigenvalue weighted by Gasteiger charge is 2.23. The minimum absolute atomic E-state index is 0.0288. The van der Waals surface area contributed by atoms with Crippen molar-refractivity contribution in [2.75, 3.05) is 13.2 Å². The van der Waals surface area contributed by atoms with Crippen LogP contribution < -0.4 is 0 Å². The van der Waals surface area contributed by atoms with E-state index in [1.807, 2.05) is 17.3 Å². The lowest BCUT2D eigenvalue weighted by atomic mass is 9.97. The van der Waals surface area contributed by atoms with Gasteiger partial charge in [-0.15, -0.1) is 6.58 Å². The molecule has 2 aromatic rings. The van der Waals surface area contributed by atoms with Gasteiger partial charge in [0.25, 0.3) is 5.91 Å². The minimum atomic E-state index is -0.0288. The summed E-state index contributed by atoms with van der Waals surface area (Å²) in [5.41, 5.74) is 3.95. The monoisotopic (exact) mass is 310 g/mol. The van der Waals surface area contributed by atoms with E-state index >= 15 is 0 Å². The highest BCUT2D eigenvalue weighted by Crippen LogP contribution is 2.23. The SMILES string of the molecule is C=CCOCc1cncc2c1CCN(C(=O)c1ccnnc1)C2. The fraction of sp³-hybridized carbons (Fsp3) is 0.294. The predicted octanol–water partition coefficient (Wildman–Crippen LogP) is 1.77. The smallest absolute Gasteiger partial charge is 0.255 e. The van der Waals surface area contributed by atoms with E-state index < -0.39 is 0 Å². The average Bonchev–Trinajstić information content (AvgIpc) is 2.62. The summed E-state index contributed by atoms with van der Waals surface area (Å²) in [7, 11) is 0. The lowest BCUT2D eigenvalue weighted by molar-refractivity contribution is 0.0732. The Morgan fingerprint density at radius 1 is 1.35 bits per heavy atom. The summed E-state index contributed by atoms with van der Waals surface area (Å²) in [6, 6.07) is 1.68. The fourth-order valence-electron chi connectivity index (χ4n) is 2.72. The van der Waals surface area contributed by atoms with E-state index in [-0.39, 0.29) is 5.91 Å². The van der Waals surface area contributed by atoms with E-state index in [1.165, 1.54) is 18.0 Å². The molecule has 1 amide bonds. The molecule has 23 heavy (non-hydrogen) atoms. The maximum atomic E-state index is 12.5. The molecule has 0 atom stereocenters. The molecule has 3 rings (SSSR count). The first-order valence-electron chi connectivity index (χ1n) is 7.49. The van der Waals surface area contributed by atoms with Gasteiger partial charge < -0.3 is 9.64 Å². The van der Waals surface area contributed by atoms with Crippen molar-refractivity contribution in [3.63, 3.8) is 0 Å². The van der Waals surface area contributed by atoms with Crippen LogP contribution in [0.1, 0.15) is 27.0 Å². The lowest BCUT2D eigenvalue weighted by Gasteiger charge is -2.29. The Kier molecular flexibility index (Phi) is 4.73. The highest BCUT2D eigenvalue weighted by molar-refractivity contribution is 5.93. The highest BCUT2D eigenvalue weighted by atomic mass is 16.5. The molecular weight excluding hydrogens is 292 g/mol. The Morgan fingerprint density at radius 3 is 3.04 bits per heavy atom. The van der Waals surface area contributed by atoms with Gasteiger partial charge >= 0.3 is 0 Å². The van der Waals surface area contributed by atoms with Crippen LogP contribution in [0.25, 0.3) is 0 Å². The summed E-state index contributed by atoms with van der Waals surface area (Å²) in [6.45, 7) is 5.91. The Bertz CT molecular complexity index is 703. The number of ether oxygens (including phenoxy) is 1. The molecule has 1 aliphatic heterocycles. The van der Waals surface area contributed by atoms with E-state index in [1.54, 1.807) is 12.1 Å². The standard InChI is InChI=1S/C17H18N4O2/c1-2-7-23-12-15-9-18-8-14-11-21(6-4-16(14)15)17(22)13-3-5-19-20-10-13/h2-3,5,8-10H,1,4,6-7,11-12H2. The van der Waals surface area contributed by atoms with Gasteiger partial charge in [0.15, 0.2) is 0 Å². The molecule has 118 valence electrons. The molecule has 2 aromatic heterocycles. The maximum absolute atomic E-state index is 12.5. The molecule has 1 aliphatic rings. The zero-order chi connectivity index (χ0) is 16.1. The van der Waals surface area contributed by atoms with Crippen molar-refractivity contribution in [2.24, 2.45) is 0 Å². The van der Waals surface area contributed by atoms with Crippen molar-refractivity contribution < 1.29 is 9.53 Å². The zero-order valence-corrected chi connectivity index (χ0v) is 12.8. The molecule has 0 bridgehead atoms. The van der Waals surface area contributed by atoms with E-state index in [0.29, 0.717) is 31.9 Å². The van der Waals surface area contributed by atoms with Crippen molar-refractivity contribution in [1.29, 1.82) is 0 Å². The van der Waals surface area contributed by atoms with Gasteiger partial charge in [-0.25, -0.2) is 0 Å². The van der Waals surface area contributed by atoms with Gasteiger partial charge in [0, 0.05) is 25.5 Å². The second kappa shape index (κ2) is 7.11. The van der Waals surface area contributed by atoms with Crippen molar-refractivity contribution in [3.05, 3.63) is 65.8 Å². The number of amides is 1. The Hall–Kier alpha value is -2.60.